The highest BCUT2D eigenvalue weighted by molar-refractivity contribution is 7.80. The fourth-order valence-corrected chi connectivity index (χ4v) is 0.957. The van der Waals surface area contributed by atoms with E-state index in [2.05, 4.69) is 6.07 Å². The van der Waals surface area contributed by atoms with Crippen molar-refractivity contribution in [3.63, 3.8) is 0 Å². The van der Waals surface area contributed by atoms with Crippen LogP contribution in [-0.4, -0.2) is 43.6 Å². The Morgan fingerprint density at radius 2 is 1.88 bits per heavy atom. The zero-order valence-electron chi connectivity index (χ0n) is 9.43. The zero-order valence-corrected chi connectivity index (χ0v) is 10.3. The number of methoxy groups -OCH3 is 1. The molecule has 0 atom stereocenters. The topological polar surface area (TPSA) is 93.2 Å². The number of ether oxygens (including phenoxy) is 1. The van der Waals surface area contributed by atoms with Gasteiger partial charge in [0.15, 0.2) is 6.42 Å². The van der Waals surface area contributed by atoms with Crippen molar-refractivity contribution in [1.82, 2.24) is 0 Å². The summed E-state index contributed by atoms with van der Waals surface area (Å²) in [6.45, 7) is 5.86. The van der Waals surface area contributed by atoms with Crippen LogP contribution in [0, 0.1) is 11.3 Å². The van der Waals surface area contributed by atoms with E-state index in [-0.39, 0.29) is 0 Å². The summed E-state index contributed by atoms with van der Waals surface area (Å²) < 4.78 is 42.4. The van der Waals surface area contributed by atoms with Gasteiger partial charge >= 0.3 is 5.90 Å². The maximum atomic E-state index is 10.1. The molecule has 0 N–H and O–H groups in total. The largest absolute Gasteiger partial charge is 0.722 e. The van der Waals surface area contributed by atoms with Crippen LogP contribution < -0.4 is 0 Å². The Kier molecular flexibility index (Phi) is 9.74. The fraction of sp³-hybridized carbons (Fsp3) is 0.750. The van der Waals surface area contributed by atoms with E-state index >= 15 is 0 Å². The van der Waals surface area contributed by atoms with Gasteiger partial charge in [0.1, 0.15) is 13.1 Å². The molecule has 94 valence electrons. The molecule has 0 fully saturated rings. The predicted molar refractivity (Wildman–Crippen MR) is 54.4 cm³/mol. The summed E-state index contributed by atoms with van der Waals surface area (Å²) in [5, 5.41) is 8.43. The number of nitrogens with zero attached hydrogens (tertiary/aromatic N) is 2. The summed E-state index contributed by atoms with van der Waals surface area (Å²) in [6, 6.07) is 2.06. The van der Waals surface area contributed by atoms with Gasteiger partial charge in [-0.2, -0.15) is 5.26 Å². The van der Waals surface area contributed by atoms with Gasteiger partial charge in [-0.1, -0.05) is 0 Å². The third-order valence-electron chi connectivity index (χ3n) is 1.58. The molecule has 0 spiro atoms. The van der Waals surface area contributed by atoms with Crippen molar-refractivity contribution < 1.29 is 26.2 Å². The molecule has 0 saturated heterocycles. The smallest absolute Gasteiger partial charge is 0.350 e. The minimum atomic E-state index is -5.42. The number of hydrogen-bond acceptors (Lipinski definition) is 5. The third-order valence-corrected chi connectivity index (χ3v) is 1.58. The number of rotatable bonds is 3. The average Bonchev–Trinajstić information content (AvgIpc) is 2.15. The van der Waals surface area contributed by atoms with Crippen molar-refractivity contribution in [3.8, 4) is 6.07 Å². The van der Waals surface area contributed by atoms with Gasteiger partial charge in [-0.25, -0.2) is 13.0 Å². The van der Waals surface area contributed by atoms with E-state index in [1.54, 1.807) is 7.11 Å². The Morgan fingerprint density at radius 3 is 2.06 bits per heavy atom. The van der Waals surface area contributed by atoms with Gasteiger partial charge in [0.25, 0.3) is 10.5 Å². The molecule has 0 radical (unpaired) electrons. The summed E-state index contributed by atoms with van der Waals surface area (Å²) in [5.41, 5.74) is 0. The molecule has 16 heavy (non-hydrogen) atoms. The van der Waals surface area contributed by atoms with Crippen LogP contribution in [0.25, 0.3) is 0 Å². The van der Waals surface area contributed by atoms with Crippen molar-refractivity contribution in [2.45, 2.75) is 20.3 Å². The fourth-order valence-electron chi connectivity index (χ4n) is 0.957. The predicted octanol–water partition coefficient (Wildman–Crippen LogP) is 0.413. The Balaban J connectivity index is 0. The standard InChI is InChI=1S/C8H15N2O.FHO3S/c1-4-10(5-2)8(11-3)6-7-9;1-5(2,3)4/h4-6H2,1-3H3;(H,2,3,4)/q+1;/p-1. The Labute approximate surface area is 95.0 Å². The lowest BCUT2D eigenvalue weighted by molar-refractivity contribution is -0.529. The van der Waals surface area contributed by atoms with Crippen LogP contribution in [0.1, 0.15) is 20.3 Å². The normalized spacial score (nSPS) is 9.50. The van der Waals surface area contributed by atoms with E-state index in [1.807, 2.05) is 18.4 Å². The van der Waals surface area contributed by atoms with Crippen LogP contribution in [0.2, 0.25) is 0 Å². The minimum absolute atomic E-state index is 0.359. The van der Waals surface area contributed by atoms with Gasteiger partial charge < -0.3 is 9.29 Å². The van der Waals surface area contributed by atoms with Crippen molar-refractivity contribution in [2.24, 2.45) is 0 Å². The lowest BCUT2D eigenvalue weighted by Crippen LogP contribution is -2.22. The van der Waals surface area contributed by atoms with E-state index in [0.29, 0.717) is 6.42 Å². The molecule has 0 aliphatic carbocycles. The van der Waals surface area contributed by atoms with E-state index in [9.17, 15) is 3.89 Å². The van der Waals surface area contributed by atoms with E-state index in [1.165, 1.54) is 0 Å². The maximum Gasteiger partial charge on any atom is 0.350 e. The molecule has 0 unspecified atom stereocenters. The number of halogens is 1. The first-order chi connectivity index (χ1) is 7.29. The highest BCUT2D eigenvalue weighted by Crippen LogP contribution is 1.87. The van der Waals surface area contributed by atoms with Crippen molar-refractivity contribution in [3.05, 3.63) is 0 Å². The van der Waals surface area contributed by atoms with Gasteiger partial charge in [-0.3, -0.25) is 0 Å². The Bertz CT molecular complexity index is 345. The van der Waals surface area contributed by atoms with E-state index in [4.69, 9.17) is 23.0 Å². The van der Waals surface area contributed by atoms with Crippen molar-refractivity contribution in [2.75, 3.05) is 20.2 Å². The molecule has 0 saturated carbocycles. The molecule has 0 aromatic carbocycles. The molecule has 0 amide bonds. The van der Waals surface area contributed by atoms with Crippen LogP contribution >= 0.6 is 0 Å². The molecule has 0 aromatic heterocycles. The van der Waals surface area contributed by atoms with Crippen LogP contribution in [0.5, 0.6) is 0 Å². The number of nitriles is 1. The van der Waals surface area contributed by atoms with Crippen molar-refractivity contribution >= 4 is 16.4 Å². The third kappa shape index (κ3) is 12.8. The molecule has 0 heterocycles. The quantitative estimate of drug-likeness (QED) is 0.239. The lowest BCUT2D eigenvalue weighted by atomic mass is 10.4. The molecular formula is C8H15FN2O4S. The molecule has 0 aliphatic heterocycles. The zero-order chi connectivity index (χ0) is 13.2. The van der Waals surface area contributed by atoms with Gasteiger partial charge in [0.2, 0.25) is 0 Å². The maximum absolute atomic E-state index is 10.1. The van der Waals surface area contributed by atoms with Crippen LogP contribution in [-0.2, 0) is 15.2 Å². The summed E-state index contributed by atoms with van der Waals surface area (Å²) in [4.78, 5) is 0. The van der Waals surface area contributed by atoms with E-state index < -0.39 is 10.5 Å². The highest BCUT2D eigenvalue weighted by atomic mass is 32.3. The Hall–Kier alpha value is -1.20. The van der Waals surface area contributed by atoms with Crippen LogP contribution in [0.3, 0.4) is 0 Å². The van der Waals surface area contributed by atoms with Gasteiger partial charge in [-0.15, -0.1) is 3.89 Å². The summed E-state index contributed by atoms with van der Waals surface area (Å²) in [7, 11) is -3.81. The van der Waals surface area contributed by atoms with Crippen molar-refractivity contribution in [1.29, 1.82) is 5.26 Å². The first-order valence-electron chi connectivity index (χ1n) is 4.47. The molecule has 0 bridgehead atoms. The van der Waals surface area contributed by atoms with Gasteiger partial charge in [-0.05, 0) is 13.8 Å². The Morgan fingerprint density at radius 1 is 1.50 bits per heavy atom. The second-order valence-corrected chi connectivity index (χ2v) is 3.28. The molecule has 8 heteroatoms. The van der Waals surface area contributed by atoms with Crippen LogP contribution in [0.4, 0.5) is 3.89 Å². The highest BCUT2D eigenvalue weighted by Gasteiger charge is 2.10. The molecule has 0 aliphatic rings. The van der Waals surface area contributed by atoms with E-state index in [0.717, 1.165) is 19.0 Å². The summed E-state index contributed by atoms with van der Waals surface area (Å²) in [6.07, 6.45) is 0.359. The van der Waals surface area contributed by atoms with Crippen LogP contribution in [0.15, 0.2) is 0 Å². The van der Waals surface area contributed by atoms with Gasteiger partial charge in [0.05, 0.1) is 13.2 Å². The molecule has 0 aromatic rings. The monoisotopic (exact) mass is 254 g/mol. The second kappa shape index (κ2) is 9.06. The SMILES string of the molecule is CC[N+](CC)=C(CC#N)OC.O=S(=O)([O-])F. The van der Waals surface area contributed by atoms with Gasteiger partial charge in [0, 0.05) is 0 Å². The first kappa shape index (κ1) is 17.2. The number of hydrogen-bond donors (Lipinski definition) is 0. The average molecular weight is 254 g/mol. The first-order valence-corrected chi connectivity index (χ1v) is 5.78. The second-order valence-electron chi connectivity index (χ2n) is 2.50. The molecular weight excluding hydrogens is 239 g/mol. The lowest BCUT2D eigenvalue weighted by Gasteiger charge is -2.01. The molecule has 0 rings (SSSR count). The minimum Gasteiger partial charge on any atom is -0.722 e. The summed E-state index contributed by atoms with van der Waals surface area (Å²) in [5.74, 6) is 0.762. The molecule has 6 nitrogen and oxygen atoms in total. The summed E-state index contributed by atoms with van der Waals surface area (Å²) >= 11 is 0.